The summed E-state index contributed by atoms with van der Waals surface area (Å²) in [7, 11) is 3.97. The van der Waals surface area contributed by atoms with E-state index in [4.69, 9.17) is 0 Å². The highest BCUT2D eigenvalue weighted by molar-refractivity contribution is 5.82. The predicted octanol–water partition coefficient (Wildman–Crippen LogP) is 2.82. The molecule has 132 valence electrons. The molecular formula is C18H34N4O. The number of hydrogen-bond donors (Lipinski definition) is 1. The van der Waals surface area contributed by atoms with Gasteiger partial charge in [0.05, 0.1) is 12.6 Å². The summed E-state index contributed by atoms with van der Waals surface area (Å²) in [4.78, 5) is 19.4. The number of likely N-dealkylation sites (N-methyl/N-ethyl adjacent to an activating group) is 1. The number of nitrogens with one attached hydrogen (secondary N) is 1. The molecule has 1 rings (SSSR count). The van der Waals surface area contributed by atoms with Crippen LogP contribution in [0.15, 0.2) is 12.4 Å². The number of aryl methyl sites for hydroxylation is 1. The Morgan fingerprint density at radius 2 is 1.83 bits per heavy atom. The van der Waals surface area contributed by atoms with E-state index in [1.54, 1.807) is 6.20 Å². The van der Waals surface area contributed by atoms with E-state index in [0.717, 1.165) is 5.82 Å². The summed E-state index contributed by atoms with van der Waals surface area (Å²) >= 11 is 0. The van der Waals surface area contributed by atoms with Crippen molar-refractivity contribution in [1.82, 2.24) is 19.8 Å². The number of amides is 1. The summed E-state index contributed by atoms with van der Waals surface area (Å²) < 4.78 is 1.99. The van der Waals surface area contributed by atoms with Crippen LogP contribution >= 0.6 is 0 Å². The van der Waals surface area contributed by atoms with Crippen LogP contribution in [-0.4, -0.2) is 39.5 Å². The second-order valence-electron chi connectivity index (χ2n) is 8.73. The van der Waals surface area contributed by atoms with Gasteiger partial charge in [0.15, 0.2) is 0 Å². The van der Waals surface area contributed by atoms with Gasteiger partial charge in [-0.25, -0.2) is 4.98 Å². The van der Waals surface area contributed by atoms with Crippen LogP contribution in [0.4, 0.5) is 0 Å². The third-order valence-corrected chi connectivity index (χ3v) is 4.48. The van der Waals surface area contributed by atoms with E-state index >= 15 is 0 Å². The van der Waals surface area contributed by atoms with E-state index in [9.17, 15) is 4.79 Å². The van der Waals surface area contributed by atoms with Gasteiger partial charge in [-0.15, -0.1) is 0 Å². The van der Waals surface area contributed by atoms with Crippen LogP contribution in [0.3, 0.4) is 0 Å². The maximum Gasteiger partial charge on any atom is 0.238 e. The fourth-order valence-electron chi connectivity index (χ4n) is 2.63. The minimum Gasteiger partial charge on any atom is -0.352 e. The minimum atomic E-state index is -0.219. The van der Waals surface area contributed by atoms with Crippen LogP contribution < -0.4 is 5.32 Å². The van der Waals surface area contributed by atoms with Crippen LogP contribution in [0, 0.1) is 10.8 Å². The highest BCUT2D eigenvalue weighted by atomic mass is 16.2. The standard InChI is InChI=1S/C18H34N4O/c1-13(17(2,3)4)20-16(23)15(18(5,6)7)22(9)12-14-19-10-11-21(14)8/h10-11,13,15H,12H2,1-9H3,(H,20,23)/t13-,15-/m1/s1. The van der Waals surface area contributed by atoms with Gasteiger partial charge in [-0.05, 0) is 24.8 Å². The Morgan fingerprint density at radius 3 is 2.22 bits per heavy atom. The number of hydrogen-bond acceptors (Lipinski definition) is 3. The van der Waals surface area contributed by atoms with Crippen molar-refractivity contribution in [2.45, 2.75) is 67.1 Å². The molecule has 1 heterocycles. The molecule has 0 unspecified atom stereocenters. The molecule has 5 heteroatoms. The molecule has 2 atom stereocenters. The predicted molar refractivity (Wildman–Crippen MR) is 95.0 cm³/mol. The first-order valence-electron chi connectivity index (χ1n) is 8.31. The number of rotatable bonds is 5. The zero-order chi connectivity index (χ0) is 18.0. The molecule has 1 N–H and O–H groups in total. The van der Waals surface area contributed by atoms with Crippen molar-refractivity contribution in [3.8, 4) is 0 Å². The van der Waals surface area contributed by atoms with Crippen molar-refractivity contribution in [2.24, 2.45) is 17.9 Å². The lowest BCUT2D eigenvalue weighted by atomic mass is 9.83. The quantitative estimate of drug-likeness (QED) is 0.907. The van der Waals surface area contributed by atoms with Crippen LogP contribution in [0.1, 0.15) is 54.3 Å². The average molecular weight is 322 g/mol. The molecule has 23 heavy (non-hydrogen) atoms. The molecule has 5 nitrogen and oxygen atoms in total. The Hall–Kier alpha value is -1.36. The lowest BCUT2D eigenvalue weighted by molar-refractivity contribution is -0.131. The van der Waals surface area contributed by atoms with Gasteiger partial charge >= 0.3 is 0 Å². The highest BCUT2D eigenvalue weighted by Crippen LogP contribution is 2.26. The van der Waals surface area contributed by atoms with Gasteiger partial charge in [0.25, 0.3) is 0 Å². The monoisotopic (exact) mass is 322 g/mol. The SMILES string of the molecule is C[C@@H](NC(=O)[C@@H](N(C)Cc1nccn1C)C(C)(C)C)C(C)(C)C. The molecule has 0 fully saturated rings. The first-order valence-corrected chi connectivity index (χ1v) is 8.31. The highest BCUT2D eigenvalue weighted by Gasteiger charge is 2.36. The van der Waals surface area contributed by atoms with Crippen molar-refractivity contribution in [3.63, 3.8) is 0 Å². The summed E-state index contributed by atoms with van der Waals surface area (Å²) in [5, 5.41) is 3.19. The van der Waals surface area contributed by atoms with Crippen LogP contribution in [0.2, 0.25) is 0 Å². The van der Waals surface area contributed by atoms with Crippen LogP contribution in [0.25, 0.3) is 0 Å². The molecule has 0 aliphatic heterocycles. The Labute approximate surface area is 141 Å². The number of nitrogens with zero attached hydrogens (tertiary/aromatic N) is 3. The molecule has 0 aromatic carbocycles. The second kappa shape index (κ2) is 7.04. The Bertz CT molecular complexity index is 522. The number of aromatic nitrogens is 2. The molecule has 0 bridgehead atoms. The van der Waals surface area contributed by atoms with Gasteiger partial charge < -0.3 is 9.88 Å². The third kappa shape index (κ3) is 5.34. The summed E-state index contributed by atoms with van der Waals surface area (Å²) in [5.41, 5.74) is -0.127. The topological polar surface area (TPSA) is 50.2 Å². The third-order valence-electron chi connectivity index (χ3n) is 4.48. The van der Waals surface area contributed by atoms with E-state index < -0.39 is 0 Å². The van der Waals surface area contributed by atoms with Crippen LogP contribution in [-0.2, 0) is 18.4 Å². The molecule has 0 aliphatic rings. The molecule has 1 amide bonds. The Morgan fingerprint density at radius 1 is 1.26 bits per heavy atom. The fourth-order valence-corrected chi connectivity index (χ4v) is 2.63. The summed E-state index contributed by atoms with van der Waals surface area (Å²) in [6, 6.07) is -0.106. The van der Waals surface area contributed by atoms with Gasteiger partial charge in [-0.2, -0.15) is 0 Å². The summed E-state index contributed by atoms with van der Waals surface area (Å²) in [5.74, 6) is 1.04. The van der Waals surface area contributed by atoms with Crippen molar-refractivity contribution in [1.29, 1.82) is 0 Å². The first-order chi connectivity index (χ1) is 10.3. The van der Waals surface area contributed by atoms with Crippen molar-refractivity contribution in [3.05, 3.63) is 18.2 Å². The van der Waals surface area contributed by atoms with Gasteiger partial charge in [0.2, 0.25) is 5.91 Å². The van der Waals surface area contributed by atoms with Crippen molar-refractivity contribution < 1.29 is 4.79 Å². The number of carbonyl (C=O) groups is 1. The van der Waals surface area contributed by atoms with Gasteiger partial charge in [-0.3, -0.25) is 9.69 Å². The average Bonchev–Trinajstić information content (AvgIpc) is 2.71. The smallest absolute Gasteiger partial charge is 0.238 e. The van der Waals surface area contributed by atoms with E-state index in [1.165, 1.54) is 0 Å². The lowest BCUT2D eigenvalue weighted by Gasteiger charge is -2.38. The molecule has 0 radical (unpaired) electrons. The zero-order valence-corrected chi connectivity index (χ0v) is 16.3. The Balaban J connectivity index is 2.92. The zero-order valence-electron chi connectivity index (χ0n) is 16.3. The Kier molecular flexibility index (Phi) is 6.02. The lowest BCUT2D eigenvalue weighted by Crippen LogP contribution is -2.55. The van der Waals surface area contributed by atoms with E-state index in [2.05, 4.69) is 63.7 Å². The normalized spacial score (nSPS) is 15.6. The van der Waals surface area contributed by atoms with Crippen LogP contribution in [0.5, 0.6) is 0 Å². The van der Waals surface area contributed by atoms with E-state index in [-0.39, 0.29) is 28.8 Å². The van der Waals surface area contributed by atoms with Gasteiger partial charge in [0, 0.05) is 25.5 Å². The van der Waals surface area contributed by atoms with Gasteiger partial charge in [0.1, 0.15) is 5.82 Å². The summed E-state index contributed by atoms with van der Waals surface area (Å²) in [6.07, 6.45) is 3.72. The molecular weight excluding hydrogens is 288 g/mol. The van der Waals surface area contributed by atoms with E-state index in [1.807, 2.05) is 24.9 Å². The molecule has 0 saturated carbocycles. The number of imidazole rings is 1. The fraction of sp³-hybridized carbons (Fsp3) is 0.778. The van der Waals surface area contributed by atoms with Crippen molar-refractivity contribution in [2.75, 3.05) is 7.05 Å². The molecule has 0 spiro atoms. The minimum absolute atomic E-state index is 0.0380. The molecule has 0 saturated heterocycles. The maximum absolute atomic E-state index is 12.9. The number of carbonyl (C=O) groups excluding carboxylic acids is 1. The summed E-state index contributed by atoms with van der Waals surface area (Å²) in [6.45, 7) is 15.4. The first kappa shape index (κ1) is 19.7. The van der Waals surface area contributed by atoms with Crippen molar-refractivity contribution >= 4 is 5.91 Å². The van der Waals surface area contributed by atoms with Gasteiger partial charge in [-0.1, -0.05) is 41.5 Å². The molecule has 1 aromatic rings. The largest absolute Gasteiger partial charge is 0.352 e. The second-order valence-corrected chi connectivity index (χ2v) is 8.73. The molecule has 0 aliphatic carbocycles. The molecule has 1 aromatic heterocycles. The maximum atomic E-state index is 12.9. The van der Waals surface area contributed by atoms with E-state index in [0.29, 0.717) is 6.54 Å².